The number of anilines is 1. The smallest absolute Gasteiger partial charge is 0.263 e. The Balaban J connectivity index is 2.01. The Morgan fingerprint density at radius 2 is 2.25 bits per heavy atom. The number of nitrogens with zero attached hydrogens (tertiary/aromatic N) is 2. The quantitative estimate of drug-likeness (QED) is 0.893. The van der Waals surface area contributed by atoms with Crippen LogP contribution < -0.4 is 5.32 Å². The summed E-state index contributed by atoms with van der Waals surface area (Å²) in [7, 11) is 0. The van der Waals surface area contributed by atoms with Crippen molar-refractivity contribution in [2.75, 3.05) is 5.32 Å². The number of halogens is 2. The van der Waals surface area contributed by atoms with E-state index in [1.807, 2.05) is 5.38 Å². The van der Waals surface area contributed by atoms with Crippen LogP contribution in [0.3, 0.4) is 0 Å². The minimum atomic E-state index is -2.44. The highest BCUT2D eigenvalue weighted by atomic mass is 32.1. The lowest BCUT2D eigenvalue weighted by Crippen LogP contribution is -2.00. The van der Waals surface area contributed by atoms with Gasteiger partial charge in [-0.05, 0) is 23.7 Å². The summed E-state index contributed by atoms with van der Waals surface area (Å²) < 4.78 is 28.5. The van der Waals surface area contributed by atoms with Gasteiger partial charge in [-0.1, -0.05) is 16.6 Å². The second-order valence-corrected chi connectivity index (χ2v) is 3.79. The Kier molecular flexibility index (Phi) is 3.40. The monoisotopic (exact) mass is 241 g/mol. The van der Waals surface area contributed by atoms with E-state index in [1.54, 1.807) is 12.1 Å². The molecule has 2 rings (SSSR count). The molecule has 0 bridgehead atoms. The van der Waals surface area contributed by atoms with Gasteiger partial charge in [-0.15, -0.1) is 5.10 Å². The van der Waals surface area contributed by atoms with E-state index >= 15 is 0 Å². The average Bonchev–Trinajstić information content (AvgIpc) is 2.79. The minimum absolute atomic E-state index is 0.0152. The van der Waals surface area contributed by atoms with Crippen LogP contribution in [0.15, 0.2) is 29.6 Å². The number of alkyl halides is 2. The highest BCUT2D eigenvalue weighted by Crippen LogP contribution is 2.21. The molecule has 6 heteroatoms. The molecule has 0 saturated heterocycles. The molecule has 0 spiro atoms. The van der Waals surface area contributed by atoms with Crippen LogP contribution in [0.4, 0.5) is 14.5 Å². The molecule has 1 aromatic carbocycles. The third-order valence-corrected chi connectivity index (χ3v) is 2.57. The molecule has 84 valence electrons. The summed E-state index contributed by atoms with van der Waals surface area (Å²) >= 11 is 1.26. The second-order valence-electron chi connectivity index (χ2n) is 3.18. The van der Waals surface area contributed by atoms with E-state index in [1.165, 1.54) is 23.7 Å². The van der Waals surface area contributed by atoms with Gasteiger partial charge in [0.2, 0.25) is 0 Å². The van der Waals surface area contributed by atoms with Crippen LogP contribution in [-0.4, -0.2) is 9.59 Å². The third kappa shape index (κ3) is 2.73. The fraction of sp³-hybridized carbons (Fsp3) is 0.200. The number of nitrogens with one attached hydrogen (secondary N) is 1. The van der Waals surface area contributed by atoms with Gasteiger partial charge in [0.1, 0.15) is 0 Å². The van der Waals surface area contributed by atoms with Crippen molar-refractivity contribution < 1.29 is 8.78 Å². The lowest BCUT2D eigenvalue weighted by molar-refractivity contribution is 0.151. The fourth-order valence-electron chi connectivity index (χ4n) is 1.24. The van der Waals surface area contributed by atoms with E-state index in [0.29, 0.717) is 12.2 Å². The van der Waals surface area contributed by atoms with Crippen molar-refractivity contribution in [1.82, 2.24) is 9.59 Å². The van der Waals surface area contributed by atoms with Gasteiger partial charge in [0.15, 0.2) is 0 Å². The number of hydrogen-bond acceptors (Lipinski definition) is 4. The summed E-state index contributed by atoms with van der Waals surface area (Å²) in [6, 6.07) is 6.18. The predicted molar refractivity (Wildman–Crippen MR) is 58.6 cm³/mol. The zero-order valence-corrected chi connectivity index (χ0v) is 9.05. The van der Waals surface area contributed by atoms with Gasteiger partial charge in [0.05, 0.1) is 12.2 Å². The summed E-state index contributed by atoms with van der Waals surface area (Å²) in [6.45, 7) is 0.489. The number of rotatable bonds is 4. The molecular weight excluding hydrogens is 232 g/mol. The van der Waals surface area contributed by atoms with E-state index < -0.39 is 6.43 Å². The highest BCUT2D eigenvalue weighted by molar-refractivity contribution is 7.03. The van der Waals surface area contributed by atoms with Crippen LogP contribution in [-0.2, 0) is 6.54 Å². The zero-order chi connectivity index (χ0) is 11.4. The molecule has 0 amide bonds. The zero-order valence-electron chi connectivity index (χ0n) is 8.23. The van der Waals surface area contributed by atoms with Crippen molar-refractivity contribution in [3.05, 3.63) is 40.9 Å². The van der Waals surface area contributed by atoms with E-state index in [0.717, 1.165) is 5.69 Å². The standard InChI is InChI=1S/C10H9F2N3S/c11-10(12)7-2-1-3-8(4-7)13-5-9-6-16-15-14-9/h1-4,6,10,13H,5H2. The summed E-state index contributed by atoms with van der Waals surface area (Å²) in [6.07, 6.45) is -2.44. The maximum atomic E-state index is 12.4. The molecule has 3 nitrogen and oxygen atoms in total. The van der Waals surface area contributed by atoms with Gasteiger partial charge < -0.3 is 5.32 Å². The Morgan fingerprint density at radius 3 is 2.94 bits per heavy atom. The van der Waals surface area contributed by atoms with Gasteiger partial charge >= 0.3 is 0 Å². The maximum absolute atomic E-state index is 12.4. The molecule has 0 unspecified atom stereocenters. The molecule has 0 aliphatic rings. The minimum Gasteiger partial charge on any atom is -0.379 e. The molecule has 2 aromatic rings. The van der Waals surface area contributed by atoms with Gasteiger partial charge in [0, 0.05) is 16.6 Å². The molecule has 0 atom stereocenters. The lowest BCUT2D eigenvalue weighted by atomic mass is 10.2. The normalized spacial score (nSPS) is 10.7. The van der Waals surface area contributed by atoms with Crippen LogP contribution in [0.1, 0.15) is 17.7 Å². The first kappa shape index (κ1) is 10.9. The van der Waals surface area contributed by atoms with Gasteiger partial charge in [-0.2, -0.15) is 0 Å². The van der Waals surface area contributed by atoms with Gasteiger partial charge in [-0.25, -0.2) is 8.78 Å². The molecular formula is C10H9F2N3S. The maximum Gasteiger partial charge on any atom is 0.263 e. The topological polar surface area (TPSA) is 37.8 Å². The van der Waals surface area contributed by atoms with E-state index in [2.05, 4.69) is 14.9 Å². The van der Waals surface area contributed by atoms with Gasteiger partial charge in [0.25, 0.3) is 6.43 Å². The number of benzene rings is 1. The molecule has 0 radical (unpaired) electrons. The molecule has 0 aliphatic carbocycles. The Morgan fingerprint density at radius 1 is 1.38 bits per heavy atom. The summed E-state index contributed by atoms with van der Waals surface area (Å²) in [5, 5.41) is 8.67. The molecule has 0 aliphatic heterocycles. The molecule has 0 fully saturated rings. The van der Waals surface area contributed by atoms with Crippen molar-refractivity contribution in [3.8, 4) is 0 Å². The Hall–Kier alpha value is -1.56. The van der Waals surface area contributed by atoms with E-state index in [-0.39, 0.29) is 5.56 Å². The molecule has 0 saturated carbocycles. The van der Waals surface area contributed by atoms with Crippen LogP contribution in [0.5, 0.6) is 0 Å². The van der Waals surface area contributed by atoms with Crippen molar-refractivity contribution >= 4 is 17.2 Å². The first-order valence-corrected chi connectivity index (χ1v) is 5.47. The van der Waals surface area contributed by atoms with Crippen molar-refractivity contribution in [2.24, 2.45) is 0 Å². The van der Waals surface area contributed by atoms with Crippen LogP contribution >= 0.6 is 11.5 Å². The largest absolute Gasteiger partial charge is 0.379 e. The molecule has 16 heavy (non-hydrogen) atoms. The van der Waals surface area contributed by atoms with Gasteiger partial charge in [-0.3, -0.25) is 0 Å². The van der Waals surface area contributed by atoms with E-state index in [4.69, 9.17) is 0 Å². The van der Waals surface area contributed by atoms with Crippen molar-refractivity contribution in [2.45, 2.75) is 13.0 Å². The van der Waals surface area contributed by atoms with Crippen LogP contribution in [0.2, 0.25) is 0 Å². The molecule has 1 N–H and O–H groups in total. The average molecular weight is 241 g/mol. The van der Waals surface area contributed by atoms with E-state index in [9.17, 15) is 8.78 Å². The SMILES string of the molecule is FC(F)c1cccc(NCc2csnn2)c1. The highest BCUT2D eigenvalue weighted by Gasteiger charge is 2.06. The first-order chi connectivity index (χ1) is 7.75. The summed E-state index contributed by atoms with van der Waals surface area (Å²) in [5.74, 6) is 0. The predicted octanol–water partition coefficient (Wildman–Crippen LogP) is 3.09. The third-order valence-electron chi connectivity index (χ3n) is 2.02. The molecule has 1 aromatic heterocycles. The number of aromatic nitrogens is 2. The lowest BCUT2D eigenvalue weighted by Gasteiger charge is -2.06. The summed E-state index contributed by atoms with van der Waals surface area (Å²) in [4.78, 5) is 0. The Labute approximate surface area is 95.3 Å². The fourth-order valence-corrected chi connectivity index (χ4v) is 1.69. The second kappa shape index (κ2) is 4.98. The number of hydrogen-bond donors (Lipinski definition) is 1. The summed E-state index contributed by atoms with van der Waals surface area (Å²) in [5.41, 5.74) is 1.47. The van der Waals surface area contributed by atoms with Crippen molar-refractivity contribution in [1.29, 1.82) is 0 Å². The first-order valence-electron chi connectivity index (χ1n) is 4.63. The van der Waals surface area contributed by atoms with Crippen LogP contribution in [0.25, 0.3) is 0 Å². The Bertz CT molecular complexity index is 445. The molecule has 1 heterocycles. The van der Waals surface area contributed by atoms with Crippen molar-refractivity contribution in [3.63, 3.8) is 0 Å². The van der Waals surface area contributed by atoms with Crippen LogP contribution in [0, 0.1) is 0 Å².